The molecule has 0 aromatic heterocycles. The van der Waals surface area contributed by atoms with Crippen LogP contribution in [0.2, 0.25) is 0 Å². The van der Waals surface area contributed by atoms with Crippen LogP contribution >= 0.6 is 11.8 Å². The van der Waals surface area contributed by atoms with Gasteiger partial charge in [0.2, 0.25) is 11.8 Å². The van der Waals surface area contributed by atoms with E-state index in [0.29, 0.717) is 12.6 Å². The fourth-order valence-electron chi connectivity index (χ4n) is 5.68. The van der Waals surface area contributed by atoms with Gasteiger partial charge in [-0.1, -0.05) is 37.8 Å². The van der Waals surface area contributed by atoms with Gasteiger partial charge in [-0.05, 0) is 12.8 Å². The first kappa shape index (κ1) is 17.1. The SMILES string of the molecule is O=C([C@@H]1[C@@H]2C=C[C@@]3(CN(C4CCCCCC4)C(=O)[C@@H]13)O2)N1CCSCC1. The van der Waals surface area contributed by atoms with Gasteiger partial charge in [-0.25, -0.2) is 0 Å². The van der Waals surface area contributed by atoms with E-state index in [1.54, 1.807) is 0 Å². The molecule has 4 heterocycles. The van der Waals surface area contributed by atoms with Crippen LogP contribution in [-0.4, -0.2) is 70.5 Å². The quantitative estimate of drug-likeness (QED) is 0.547. The molecule has 0 aromatic rings. The number of ether oxygens (including phenoxy) is 1. The minimum atomic E-state index is -0.543. The topological polar surface area (TPSA) is 49.9 Å². The van der Waals surface area contributed by atoms with Gasteiger partial charge in [0.15, 0.2) is 0 Å². The first-order valence-corrected chi connectivity index (χ1v) is 11.4. The normalized spacial score (nSPS) is 40.2. The van der Waals surface area contributed by atoms with Gasteiger partial charge in [0.1, 0.15) is 5.60 Å². The smallest absolute Gasteiger partial charge is 0.230 e. The Hall–Kier alpha value is -1.01. The van der Waals surface area contributed by atoms with Crippen LogP contribution in [0.5, 0.6) is 0 Å². The fourth-order valence-corrected chi connectivity index (χ4v) is 6.59. The third-order valence-corrected chi connectivity index (χ3v) is 7.95. The van der Waals surface area contributed by atoms with E-state index >= 15 is 0 Å². The highest BCUT2D eigenvalue weighted by Crippen LogP contribution is 2.53. The minimum Gasteiger partial charge on any atom is -0.360 e. The Balaban J connectivity index is 1.39. The van der Waals surface area contributed by atoms with Crippen molar-refractivity contribution in [3.05, 3.63) is 12.2 Å². The Morgan fingerprint density at radius 1 is 1.15 bits per heavy atom. The number of fused-ring (bicyclic) bond motifs is 1. The van der Waals surface area contributed by atoms with Crippen molar-refractivity contribution in [1.29, 1.82) is 0 Å². The molecule has 4 fully saturated rings. The number of amides is 2. The number of carbonyl (C=O) groups is 2. The van der Waals surface area contributed by atoms with Crippen molar-refractivity contribution in [3.63, 3.8) is 0 Å². The number of hydrogen-bond acceptors (Lipinski definition) is 4. The van der Waals surface area contributed by atoms with E-state index in [2.05, 4.69) is 11.0 Å². The molecule has 0 N–H and O–H groups in total. The van der Waals surface area contributed by atoms with Gasteiger partial charge < -0.3 is 14.5 Å². The second-order valence-corrected chi connectivity index (χ2v) is 9.67. The molecule has 5 rings (SSSR count). The summed E-state index contributed by atoms with van der Waals surface area (Å²) < 4.78 is 6.30. The summed E-state index contributed by atoms with van der Waals surface area (Å²) >= 11 is 1.90. The highest BCUT2D eigenvalue weighted by atomic mass is 32.2. The minimum absolute atomic E-state index is 0.141. The summed E-state index contributed by atoms with van der Waals surface area (Å²) in [5, 5.41) is 0. The van der Waals surface area contributed by atoms with E-state index < -0.39 is 5.60 Å². The Morgan fingerprint density at radius 3 is 2.62 bits per heavy atom. The Bertz CT molecular complexity index is 625. The van der Waals surface area contributed by atoms with Crippen molar-refractivity contribution < 1.29 is 14.3 Å². The van der Waals surface area contributed by atoms with E-state index in [4.69, 9.17) is 4.74 Å². The van der Waals surface area contributed by atoms with Crippen molar-refractivity contribution in [2.45, 2.75) is 56.3 Å². The van der Waals surface area contributed by atoms with Crippen LogP contribution in [0.1, 0.15) is 38.5 Å². The maximum atomic E-state index is 13.4. The zero-order chi connectivity index (χ0) is 17.7. The van der Waals surface area contributed by atoms with Gasteiger partial charge >= 0.3 is 0 Å². The van der Waals surface area contributed by atoms with E-state index in [1.165, 1.54) is 25.7 Å². The Kier molecular flexibility index (Phi) is 4.31. The van der Waals surface area contributed by atoms with E-state index in [9.17, 15) is 9.59 Å². The van der Waals surface area contributed by atoms with Crippen molar-refractivity contribution in [3.8, 4) is 0 Å². The van der Waals surface area contributed by atoms with Crippen molar-refractivity contribution >= 4 is 23.6 Å². The molecule has 3 saturated heterocycles. The second kappa shape index (κ2) is 6.55. The summed E-state index contributed by atoms with van der Waals surface area (Å²) in [6.07, 6.45) is 11.1. The summed E-state index contributed by atoms with van der Waals surface area (Å²) in [5.41, 5.74) is -0.543. The van der Waals surface area contributed by atoms with Crippen LogP contribution in [0, 0.1) is 11.8 Å². The van der Waals surface area contributed by atoms with Crippen molar-refractivity contribution in [1.82, 2.24) is 9.80 Å². The maximum Gasteiger partial charge on any atom is 0.230 e. The number of likely N-dealkylation sites (tertiary alicyclic amines) is 1. The lowest BCUT2D eigenvalue weighted by atomic mass is 9.76. The first-order chi connectivity index (χ1) is 12.7. The summed E-state index contributed by atoms with van der Waals surface area (Å²) in [6.45, 7) is 2.25. The van der Waals surface area contributed by atoms with Gasteiger partial charge in [0, 0.05) is 30.6 Å². The monoisotopic (exact) mass is 376 g/mol. The molecule has 2 bridgehead atoms. The average Bonchev–Trinajstić information content (AvgIpc) is 3.22. The molecule has 4 aliphatic heterocycles. The molecule has 0 aromatic carbocycles. The molecule has 5 aliphatic rings. The molecule has 1 spiro atoms. The van der Waals surface area contributed by atoms with Crippen LogP contribution in [0.3, 0.4) is 0 Å². The van der Waals surface area contributed by atoms with Crippen molar-refractivity contribution in [2.24, 2.45) is 11.8 Å². The number of nitrogens with zero attached hydrogens (tertiary/aromatic N) is 2. The third kappa shape index (κ3) is 2.55. The van der Waals surface area contributed by atoms with Crippen LogP contribution in [0.4, 0.5) is 0 Å². The highest BCUT2D eigenvalue weighted by Gasteiger charge is 2.67. The van der Waals surface area contributed by atoms with E-state index in [0.717, 1.165) is 37.4 Å². The van der Waals surface area contributed by atoms with Gasteiger partial charge in [-0.2, -0.15) is 11.8 Å². The summed E-state index contributed by atoms with van der Waals surface area (Å²) in [7, 11) is 0. The lowest BCUT2D eigenvalue weighted by Crippen LogP contribution is -2.48. The molecular formula is C20H28N2O3S. The van der Waals surface area contributed by atoms with E-state index in [-0.39, 0.29) is 29.8 Å². The Labute approximate surface area is 159 Å². The van der Waals surface area contributed by atoms with Crippen LogP contribution in [-0.2, 0) is 14.3 Å². The molecule has 0 radical (unpaired) electrons. The summed E-state index contributed by atoms with van der Waals surface area (Å²) in [5.74, 6) is 1.69. The molecule has 142 valence electrons. The number of carbonyl (C=O) groups excluding carboxylic acids is 2. The molecule has 2 amide bonds. The zero-order valence-electron chi connectivity index (χ0n) is 15.3. The number of hydrogen-bond donors (Lipinski definition) is 0. The lowest BCUT2D eigenvalue weighted by molar-refractivity contribution is -0.144. The van der Waals surface area contributed by atoms with Gasteiger partial charge in [-0.15, -0.1) is 0 Å². The van der Waals surface area contributed by atoms with Crippen LogP contribution in [0.15, 0.2) is 12.2 Å². The molecule has 6 heteroatoms. The molecule has 4 atom stereocenters. The molecule has 1 saturated carbocycles. The highest BCUT2D eigenvalue weighted by molar-refractivity contribution is 7.99. The van der Waals surface area contributed by atoms with E-state index in [1.807, 2.05) is 22.7 Å². The summed E-state index contributed by atoms with van der Waals surface area (Å²) in [6, 6.07) is 0.336. The third-order valence-electron chi connectivity index (χ3n) is 7.00. The predicted octanol–water partition coefficient (Wildman–Crippen LogP) is 2.07. The molecule has 0 unspecified atom stereocenters. The zero-order valence-corrected chi connectivity index (χ0v) is 16.1. The molecule has 26 heavy (non-hydrogen) atoms. The average molecular weight is 377 g/mol. The largest absolute Gasteiger partial charge is 0.360 e. The standard InChI is InChI=1S/C20H28N2O3S/c23-18(21-9-11-26-12-10-21)16-15-7-8-20(25-15)13-22(19(24)17(16)20)14-5-3-1-2-4-6-14/h7-8,14-17H,1-6,9-13H2/t15-,16+,17+,20-/m0/s1. The molecule has 5 nitrogen and oxygen atoms in total. The van der Waals surface area contributed by atoms with Crippen LogP contribution in [0.25, 0.3) is 0 Å². The van der Waals surface area contributed by atoms with Gasteiger partial charge in [0.25, 0.3) is 0 Å². The first-order valence-electron chi connectivity index (χ1n) is 10.2. The van der Waals surface area contributed by atoms with Crippen LogP contribution < -0.4 is 0 Å². The number of thioether (sulfide) groups is 1. The summed E-state index contributed by atoms with van der Waals surface area (Å²) in [4.78, 5) is 30.7. The van der Waals surface area contributed by atoms with Crippen molar-refractivity contribution in [2.75, 3.05) is 31.1 Å². The lowest BCUT2D eigenvalue weighted by Gasteiger charge is -2.33. The number of rotatable bonds is 2. The Morgan fingerprint density at radius 2 is 1.88 bits per heavy atom. The molecule has 1 aliphatic carbocycles. The van der Waals surface area contributed by atoms with Gasteiger partial charge in [-0.3, -0.25) is 9.59 Å². The van der Waals surface area contributed by atoms with Gasteiger partial charge in [0.05, 0.1) is 24.5 Å². The maximum absolute atomic E-state index is 13.4. The molecular weight excluding hydrogens is 348 g/mol. The second-order valence-electron chi connectivity index (χ2n) is 8.45. The predicted molar refractivity (Wildman–Crippen MR) is 101 cm³/mol. The fraction of sp³-hybridized carbons (Fsp3) is 0.800.